The Kier molecular flexibility index (Phi) is 2.26. The van der Waals surface area contributed by atoms with Crippen LogP contribution in [0.25, 0.3) is 0 Å². The summed E-state index contributed by atoms with van der Waals surface area (Å²) in [5.41, 5.74) is 4.18. The molecular formula is C16H19NO. The van der Waals surface area contributed by atoms with E-state index in [2.05, 4.69) is 11.0 Å². The summed E-state index contributed by atoms with van der Waals surface area (Å²) in [7, 11) is 0. The van der Waals surface area contributed by atoms with Crippen molar-refractivity contribution in [2.24, 2.45) is 5.92 Å². The van der Waals surface area contributed by atoms with Crippen LogP contribution in [0.15, 0.2) is 35.1 Å². The predicted octanol–water partition coefficient (Wildman–Crippen LogP) is 2.97. The molecule has 4 aliphatic rings. The first-order valence-electron chi connectivity index (χ1n) is 7.26. The van der Waals surface area contributed by atoms with Crippen molar-refractivity contribution >= 4 is 5.78 Å². The van der Waals surface area contributed by atoms with Gasteiger partial charge in [-0.05, 0) is 67.4 Å². The third-order valence-electron chi connectivity index (χ3n) is 5.13. The van der Waals surface area contributed by atoms with Crippen LogP contribution in [0.5, 0.6) is 0 Å². The first-order valence-corrected chi connectivity index (χ1v) is 7.26. The van der Waals surface area contributed by atoms with Gasteiger partial charge >= 0.3 is 0 Å². The minimum absolute atomic E-state index is 0.164. The fourth-order valence-electron chi connectivity index (χ4n) is 4.32. The number of carbonyl (C=O) groups excluding carboxylic acids is 1. The number of hydrogen-bond donors (Lipinski definition) is 0. The van der Waals surface area contributed by atoms with E-state index in [0.29, 0.717) is 0 Å². The van der Waals surface area contributed by atoms with Gasteiger partial charge in [-0.25, -0.2) is 0 Å². The second kappa shape index (κ2) is 3.84. The SMILES string of the molecule is O=C1C=CC2=C3CC[C@@H]4CCC[C@@H]4N3CCC2=C1. The summed E-state index contributed by atoms with van der Waals surface area (Å²) in [5, 5.41) is 0. The van der Waals surface area contributed by atoms with Crippen LogP contribution in [0.1, 0.15) is 38.5 Å². The van der Waals surface area contributed by atoms with Crippen LogP contribution in [0.2, 0.25) is 0 Å². The van der Waals surface area contributed by atoms with E-state index in [0.717, 1.165) is 24.9 Å². The second-order valence-corrected chi connectivity index (χ2v) is 6.01. The molecule has 2 heteroatoms. The maximum absolute atomic E-state index is 11.5. The molecule has 0 aromatic heterocycles. The first kappa shape index (κ1) is 10.6. The molecule has 18 heavy (non-hydrogen) atoms. The lowest BCUT2D eigenvalue weighted by molar-refractivity contribution is -0.110. The van der Waals surface area contributed by atoms with E-state index in [1.807, 2.05) is 6.08 Å². The van der Waals surface area contributed by atoms with Crippen molar-refractivity contribution in [3.8, 4) is 0 Å². The molecule has 2 atom stereocenters. The standard InChI is InChI=1S/C16H19NO/c18-13-5-6-14-12(10-13)8-9-17-15-3-1-2-11(15)4-7-16(14)17/h5-6,10-11,15H,1-4,7-9H2/t11-,15-/m0/s1. The van der Waals surface area contributed by atoms with Crippen molar-refractivity contribution in [1.29, 1.82) is 0 Å². The van der Waals surface area contributed by atoms with Gasteiger partial charge in [0.05, 0.1) is 0 Å². The Morgan fingerprint density at radius 3 is 3.00 bits per heavy atom. The number of hydrogen-bond acceptors (Lipinski definition) is 2. The zero-order chi connectivity index (χ0) is 12.1. The van der Waals surface area contributed by atoms with E-state index >= 15 is 0 Å². The molecule has 0 spiro atoms. The molecule has 2 aliphatic heterocycles. The van der Waals surface area contributed by atoms with Gasteiger partial charge < -0.3 is 4.90 Å². The van der Waals surface area contributed by atoms with Gasteiger partial charge in [-0.2, -0.15) is 0 Å². The maximum Gasteiger partial charge on any atom is 0.178 e. The molecular weight excluding hydrogens is 222 g/mol. The van der Waals surface area contributed by atoms with Crippen LogP contribution in [0, 0.1) is 5.92 Å². The lowest BCUT2D eigenvalue weighted by atomic mass is 9.82. The predicted molar refractivity (Wildman–Crippen MR) is 70.9 cm³/mol. The van der Waals surface area contributed by atoms with Gasteiger partial charge in [0.1, 0.15) is 0 Å². The van der Waals surface area contributed by atoms with Crippen molar-refractivity contribution in [1.82, 2.24) is 4.90 Å². The van der Waals surface area contributed by atoms with E-state index in [4.69, 9.17) is 0 Å². The third-order valence-corrected chi connectivity index (χ3v) is 5.13. The highest BCUT2D eigenvalue weighted by atomic mass is 16.1. The van der Waals surface area contributed by atoms with Gasteiger partial charge in [0, 0.05) is 18.3 Å². The molecule has 0 amide bonds. The number of nitrogens with zero attached hydrogens (tertiary/aromatic N) is 1. The van der Waals surface area contributed by atoms with Gasteiger partial charge in [-0.3, -0.25) is 4.79 Å². The summed E-state index contributed by atoms with van der Waals surface area (Å²) in [6.07, 6.45) is 13.5. The van der Waals surface area contributed by atoms with Crippen LogP contribution >= 0.6 is 0 Å². The van der Waals surface area contributed by atoms with Crippen molar-refractivity contribution in [2.45, 2.75) is 44.6 Å². The summed E-state index contributed by atoms with van der Waals surface area (Å²) in [6.45, 7) is 1.13. The Labute approximate surface area is 108 Å². The quantitative estimate of drug-likeness (QED) is 0.650. The van der Waals surface area contributed by atoms with Crippen molar-refractivity contribution < 1.29 is 4.79 Å². The number of ketones is 1. The minimum Gasteiger partial charge on any atom is -0.371 e. The molecule has 0 N–H and O–H groups in total. The molecule has 2 heterocycles. The van der Waals surface area contributed by atoms with Crippen LogP contribution < -0.4 is 0 Å². The molecule has 94 valence electrons. The number of fused-ring (bicyclic) bond motifs is 4. The maximum atomic E-state index is 11.5. The number of carbonyl (C=O) groups is 1. The van der Waals surface area contributed by atoms with E-state index in [-0.39, 0.29) is 5.78 Å². The van der Waals surface area contributed by atoms with Gasteiger partial charge in [-0.1, -0.05) is 6.42 Å². The van der Waals surface area contributed by atoms with Gasteiger partial charge in [0.2, 0.25) is 0 Å². The molecule has 0 unspecified atom stereocenters. The fraction of sp³-hybridized carbons (Fsp3) is 0.562. The lowest BCUT2D eigenvalue weighted by Gasteiger charge is -2.45. The normalized spacial score (nSPS) is 34.1. The van der Waals surface area contributed by atoms with Crippen LogP contribution in [-0.4, -0.2) is 23.3 Å². The Morgan fingerprint density at radius 2 is 2.06 bits per heavy atom. The van der Waals surface area contributed by atoms with Gasteiger partial charge in [-0.15, -0.1) is 0 Å². The number of allylic oxidation sites excluding steroid dienone is 5. The van der Waals surface area contributed by atoms with Crippen LogP contribution in [0.4, 0.5) is 0 Å². The minimum atomic E-state index is 0.164. The Hall–Kier alpha value is -1.31. The molecule has 0 radical (unpaired) electrons. The van der Waals surface area contributed by atoms with E-state index < -0.39 is 0 Å². The zero-order valence-corrected chi connectivity index (χ0v) is 10.7. The highest BCUT2D eigenvalue weighted by molar-refractivity contribution is 6.02. The monoisotopic (exact) mass is 241 g/mol. The van der Waals surface area contributed by atoms with Gasteiger partial charge in [0.25, 0.3) is 0 Å². The van der Waals surface area contributed by atoms with Crippen molar-refractivity contribution in [3.05, 3.63) is 35.1 Å². The smallest absolute Gasteiger partial charge is 0.178 e. The first-order chi connectivity index (χ1) is 8.83. The van der Waals surface area contributed by atoms with Gasteiger partial charge in [0.15, 0.2) is 5.78 Å². The van der Waals surface area contributed by atoms with Crippen molar-refractivity contribution in [3.63, 3.8) is 0 Å². The summed E-state index contributed by atoms with van der Waals surface area (Å²) >= 11 is 0. The molecule has 1 saturated heterocycles. The summed E-state index contributed by atoms with van der Waals surface area (Å²) in [5.74, 6) is 1.10. The Balaban J connectivity index is 1.76. The van der Waals surface area contributed by atoms with Crippen molar-refractivity contribution in [2.75, 3.05) is 6.54 Å². The summed E-state index contributed by atoms with van der Waals surface area (Å²) < 4.78 is 0. The molecule has 0 aromatic carbocycles. The molecule has 1 saturated carbocycles. The Bertz CT molecular complexity index is 497. The molecule has 2 nitrogen and oxygen atoms in total. The average Bonchev–Trinajstić information content (AvgIpc) is 2.86. The fourth-order valence-corrected chi connectivity index (χ4v) is 4.32. The van der Waals surface area contributed by atoms with E-state index in [9.17, 15) is 4.79 Å². The molecule has 0 bridgehead atoms. The average molecular weight is 241 g/mol. The molecule has 2 fully saturated rings. The highest BCUT2D eigenvalue weighted by Gasteiger charge is 2.39. The van der Waals surface area contributed by atoms with Crippen LogP contribution in [-0.2, 0) is 4.79 Å². The molecule has 2 aliphatic carbocycles. The molecule has 0 aromatic rings. The largest absolute Gasteiger partial charge is 0.371 e. The van der Waals surface area contributed by atoms with E-state index in [1.165, 1.54) is 48.9 Å². The van der Waals surface area contributed by atoms with E-state index in [1.54, 1.807) is 6.08 Å². The lowest BCUT2D eigenvalue weighted by Crippen LogP contribution is -2.44. The topological polar surface area (TPSA) is 20.3 Å². The number of rotatable bonds is 0. The highest BCUT2D eigenvalue weighted by Crippen LogP contribution is 2.45. The Morgan fingerprint density at radius 1 is 1.11 bits per heavy atom. The van der Waals surface area contributed by atoms with Crippen LogP contribution in [0.3, 0.4) is 0 Å². The molecule has 4 rings (SSSR count). The summed E-state index contributed by atoms with van der Waals surface area (Å²) in [6, 6.07) is 0.800. The third kappa shape index (κ3) is 1.44. The summed E-state index contributed by atoms with van der Waals surface area (Å²) in [4.78, 5) is 14.1. The number of piperidine rings is 1. The zero-order valence-electron chi connectivity index (χ0n) is 10.7. The second-order valence-electron chi connectivity index (χ2n) is 6.01.